The van der Waals surface area contributed by atoms with E-state index in [2.05, 4.69) is 9.82 Å². The lowest BCUT2D eigenvalue weighted by atomic mass is 10.2. The number of nitrogens with one attached hydrogen (secondary N) is 1. The van der Waals surface area contributed by atoms with Crippen molar-refractivity contribution < 1.29 is 17.9 Å². The fourth-order valence-corrected chi connectivity index (χ4v) is 2.64. The first-order valence-corrected chi connectivity index (χ1v) is 7.33. The molecule has 2 N–H and O–H groups in total. The second-order valence-corrected chi connectivity index (χ2v) is 5.91. The standard InChI is InChI=1S/C12H14FN3O3S/c1-9-2-3-11(6-12(9)13)20(18,19)15-10-7-14-16(8-10)4-5-17/h2-3,6-8,15,17H,4-5H2,1H3. The number of sulfonamides is 1. The van der Waals surface area contributed by atoms with Crippen LogP contribution in [0.1, 0.15) is 5.56 Å². The molecule has 0 unspecified atom stereocenters. The molecule has 1 aromatic carbocycles. The van der Waals surface area contributed by atoms with Gasteiger partial charge in [0, 0.05) is 6.20 Å². The summed E-state index contributed by atoms with van der Waals surface area (Å²) in [6, 6.07) is 3.70. The molecule has 108 valence electrons. The van der Waals surface area contributed by atoms with Crippen molar-refractivity contribution in [1.29, 1.82) is 0 Å². The molecule has 0 saturated heterocycles. The highest BCUT2D eigenvalue weighted by Crippen LogP contribution is 2.18. The molecule has 1 aromatic heterocycles. The van der Waals surface area contributed by atoms with E-state index in [9.17, 15) is 12.8 Å². The largest absolute Gasteiger partial charge is 0.394 e. The average Bonchev–Trinajstić information content (AvgIpc) is 2.79. The SMILES string of the molecule is Cc1ccc(S(=O)(=O)Nc2cnn(CCO)c2)cc1F. The maximum atomic E-state index is 13.4. The second kappa shape index (κ2) is 5.59. The number of hydrogen-bond acceptors (Lipinski definition) is 4. The third-order valence-electron chi connectivity index (χ3n) is 2.67. The predicted octanol–water partition coefficient (Wildman–Crippen LogP) is 1.12. The minimum atomic E-state index is -3.86. The highest BCUT2D eigenvalue weighted by atomic mass is 32.2. The van der Waals surface area contributed by atoms with Crippen LogP contribution in [0.2, 0.25) is 0 Å². The monoisotopic (exact) mass is 299 g/mol. The molecule has 0 aliphatic heterocycles. The molecule has 0 aliphatic carbocycles. The van der Waals surface area contributed by atoms with Gasteiger partial charge in [0.05, 0.1) is 29.9 Å². The Balaban J connectivity index is 2.23. The van der Waals surface area contributed by atoms with Crippen molar-refractivity contribution in [2.75, 3.05) is 11.3 Å². The number of aliphatic hydroxyl groups excluding tert-OH is 1. The van der Waals surface area contributed by atoms with E-state index >= 15 is 0 Å². The van der Waals surface area contributed by atoms with Gasteiger partial charge in [0.15, 0.2) is 0 Å². The van der Waals surface area contributed by atoms with Crippen molar-refractivity contribution in [3.8, 4) is 0 Å². The number of aromatic nitrogens is 2. The molecular formula is C12H14FN3O3S. The summed E-state index contributed by atoms with van der Waals surface area (Å²) in [6.07, 6.45) is 2.76. The van der Waals surface area contributed by atoms with E-state index in [-0.39, 0.29) is 23.7 Å². The molecule has 0 amide bonds. The molecule has 0 aliphatic rings. The number of rotatable bonds is 5. The molecule has 8 heteroatoms. The van der Waals surface area contributed by atoms with Gasteiger partial charge in [-0.1, -0.05) is 6.07 Å². The summed E-state index contributed by atoms with van der Waals surface area (Å²) in [5.74, 6) is -0.580. The number of nitrogens with zero attached hydrogens (tertiary/aromatic N) is 2. The van der Waals surface area contributed by atoms with E-state index in [1.807, 2.05) is 0 Å². The van der Waals surface area contributed by atoms with E-state index in [1.165, 1.54) is 29.2 Å². The molecule has 0 fully saturated rings. The zero-order valence-corrected chi connectivity index (χ0v) is 11.6. The smallest absolute Gasteiger partial charge is 0.262 e. The molecule has 0 bridgehead atoms. The Kier molecular flexibility index (Phi) is 4.05. The number of benzene rings is 1. The molecule has 20 heavy (non-hydrogen) atoms. The normalized spacial score (nSPS) is 11.6. The zero-order chi connectivity index (χ0) is 14.8. The van der Waals surface area contributed by atoms with Gasteiger partial charge in [-0.2, -0.15) is 5.10 Å². The average molecular weight is 299 g/mol. The maximum absolute atomic E-state index is 13.4. The first-order valence-electron chi connectivity index (χ1n) is 5.84. The Morgan fingerprint density at radius 2 is 2.20 bits per heavy atom. The minimum Gasteiger partial charge on any atom is -0.394 e. The van der Waals surface area contributed by atoms with Gasteiger partial charge in [0.2, 0.25) is 0 Å². The molecule has 6 nitrogen and oxygen atoms in total. The number of aryl methyl sites for hydroxylation is 1. The van der Waals surface area contributed by atoms with Crippen molar-refractivity contribution in [3.05, 3.63) is 42.0 Å². The highest BCUT2D eigenvalue weighted by Gasteiger charge is 2.16. The molecule has 0 atom stereocenters. The summed E-state index contributed by atoms with van der Waals surface area (Å²) >= 11 is 0. The molecule has 0 radical (unpaired) electrons. The first kappa shape index (κ1) is 14.5. The lowest BCUT2D eigenvalue weighted by Gasteiger charge is -2.06. The van der Waals surface area contributed by atoms with Crippen molar-refractivity contribution in [1.82, 2.24) is 9.78 Å². The van der Waals surface area contributed by atoms with Crippen LogP contribution < -0.4 is 4.72 Å². The summed E-state index contributed by atoms with van der Waals surface area (Å²) in [5, 5.41) is 12.6. The van der Waals surface area contributed by atoms with Gasteiger partial charge < -0.3 is 5.11 Å². The fraction of sp³-hybridized carbons (Fsp3) is 0.250. The van der Waals surface area contributed by atoms with Crippen molar-refractivity contribution in [2.24, 2.45) is 0 Å². The van der Waals surface area contributed by atoms with E-state index < -0.39 is 15.8 Å². The third kappa shape index (κ3) is 3.14. The molecular weight excluding hydrogens is 285 g/mol. The van der Waals surface area contributed by atoms with Crippen LogP contribution in [0.5, 0.6) is 0 Å². The zero-order valence-electron chi connectivity index (χ0n) is 10.7. The number of aliphatic hydroxyl groups is 1. The topological polar surface area (TPSA) is 84.2 Å². The lowest BCUT2D eigenvalue weighted by molar-refractivity contribution is 0.269. The molecule has 2 rings (SSSR count). The number of anilines is 1. The first-order chi connectivity index (χ1) is 9.42. The highest BCUT2D eigenvalue weighted by molar-refractivity contribution is 7.92. The third-order valence-corrected chi connectivity index (χ3v) is 4.05. The van der Waals surface area contributed by atoms with Crippen LogP contribution in [0.15, 0.2) is 35.5 Å². The van der Waals surface area contributed by atoms with E-state index in [0.717, 1.165) is 6.07 Å². The van der Waals surface area contributed by atoms with Crippen LogP contribution in [-0.4, -0.2) is 29.9 Å². The maximum Gasteiger partial charge on any atom is 0.262 e. The summed E-state index contributed by atoms with van der Waals surface area (Å²) in [4.78, 5) is -0.157. The lowest BCUT2D eigenvalue weighted by Crippen LogP contribution is -2.13. The van der Waals surface area contributed by atoms with Crippen LogP contribution in [-0.2, 0) is 16.6 Å². The fourth-order valence-electron chi connectivity index (χ4n) is 1.60. The Bertz CT molecular complexity index is 712. The van der Waals surface area contributed by atoms with Crippen LogP contribution in [0.4, 0.5) is 10.1 Å². The van der Waals surface area contributed by atoms with Gasteiger partial charge in [-0.25, -0.2) is 12.8 Å². The minimum absolute atomic E-state index is 0.100. The molecule has 1 heterocycles. The van der Waals surface area contributed by atoms with E-state index in [4.69, 9.17) is 5.11 Å². The van der Waals surface area contributed by atoms with Gasteiger partial charge in [-0.05, 0) is 24.6 Å². The van der Waals surface area contributed by atoms with Gasteiger partial charge in [0.1, 0.15) is 5.82 Å². The van der Waals surface area contributed by atoms with E-state index in [0.29, 0.717) is 5.56 Å². The van der Waals surface area contributed by atoms with E-state index in [1.54, 1.807) is 6.92 Å². The van der Waals surface area contributed by atoms with Crippen LogP contribution >= 0.6 is 0 Å². The Morgan fingerprint density at radius 1 is 1.45 bits per heavy atom. The van der Waals surface area contributed by atoms with Gasteiger partial charge in [-0.3, -0.25) is 9.40 Å². The number of halogens is 1. The Labute approximate surface area is 115 Å². The van der Waals surface area contributed by atoms with Crippen molar-refractivity contribution in [2.45, 2.75) is 18.4 Å². The summed E-state index contributed by atoms with van der Waals surface area (Å²) in [6.45, 7) is 1.72. The van der Waals surface area contributed by atoms with Gasteiger partial charge in [0.25, 0.3) is 10.0 Å². The molecule has 2 aromatic rings. The van der Waals surface area contributed by atoms with Crippen LogP contribution in [0.25, 0.3) is 0 Å². The van der Waals surface area contributed by atoms with Crippen LogP contribution in [0.3, 0.4) is 0 Å². The van der Waals surface area contributed by atoms with Crippen molar-refractivity contribution in [3.63, 3.8) is 0 Å². The quantitative estimate of drug-likeness (QED) is 0.866. The van der Waals surface area contributed by atoms with Gasteiger partial charge in [-0.15, -0.1) is 0 Å². The van der Waals surface area contributed by atoms with Crippen molar-refractivity contribution >= 4 is 15.7 Å². The van der Waals surface area contributed by atoms with Crippen LogP contribution in [0, 0.1) is 12.7 Å². The summed E-state index contributed by atoms with van der Waals surface area (Å²) < 4.78 is 41.2. The predicted molar refractivity (Wildman–Crippen MR) is 71.3 cm³/mol. The second-order valence-electron chi connectivity index (χ2n) is 4.23. The molecule has 0 saturated carbocycles. The summed E-state index contributed by atoms with van der Waals surface area (Å²) in [7, 11) is -3.86. The van der Waals surface area contributed by atoms with Gasteiger partial charge >= 0.3 is 0 Å². The summed E-state index contributed by atoms with van der Waals surface area (Å²) in [5.41, 5.74) is 0.624. The molecule has 0 spiro atoms. The Hall–Kier alpha value is -1.93. The Morgan fingerprint density at radius 3 is 2.85 bits per heavy atom. The number of hydrogen-bond donors (Lipinski definition) is 2.